The molecule has 2 atom stereocenters. The lowest BCUT2D eigenvalue weighted by molar-refractivity contribution is -0.180. The topological polar surface area (TPSA) is 49.3 Å². The minimum absolute atomic E-state index is 0.0425. The Balaban J connectivity index is 1.97. The highest BCUT2D eigenvalue weighted by Gasteiger charge is 2.66. The minimum Gasteiger partial charge on any atom is -0.481 e. The molecule has 120 valence electrons. The molecule has 4 aliphatic rings. The molecule has 0 amide bonds. The van der Waals surface area contributed by atoms with Crippen molar-refractivity contribution in [2.75, 3.05) is 0 Å². The van der Waals surface area contributed by atoms with Crippen LogP contribution >= 0.6 is 11.8 Å². The number of hydrogen-bond acceptors (Lipinski definition) is 2. The number of halogens is 1. The van der Waals surface area contributed by atoms with E-state index in [2.05, 4.69) is 18.7 Å². The number of carbonyl (C=O) groups is 1. The summed E-state index contributed by atoms with van der Waals surface area (Å²) in [4.78, 5) is 14.3. The van der Waals surface area contributed by atoms with Crippen molar-refractivity contribution in [3.63, 3.8) is 0 Å². The lowest BCUT2D eigenvalue weighted by Gasteiger charge is -2.70. The highest BCUT2D eigenvalue weighted by atomic mass is 35.5. The molecule has 0 saturated heterocycles. The molecule has 2 N–H and O–H groups in total. The first kappa shape index (κ1) is 15.6. The SMILES string of the molecule is CCC12CC3(CC)CC(CCC(=O)O)(C1)CC(NCl)(C2)C3. The second-order valence-electron chi connectivity index (χ2n) is 8.54. The zero-order valence-electron chi connectivity index (χ0n) is 13.3. The van der Waals surface area contributed by atoms with Gasteiger partial charge >= 0.3 is 5.97 Å². The van der Waals surface area contributed by atoms with Crippen LogP contribution in [0.1, 0.15) is 78.1 Å². The van der Waals surface area contributed by atoms with Gasteiger partial charge in [0.15, 0.2) is 0 Å². The molecule has 0 aromatic heterocycles. The van der Waals surface area contributed by atoms with E-state index in [0.717, 1.165) is 12.8 Å². The molecule has 21 heavy (non-hydrogen) atoms. The lowest BCUT2D eigenvalue weighted by atomic mass is 9.36. The van der Waals surface area contributed by atoms with Crippen LogP contribution in [0.4, 0.5) is 0 Å². The summed E-state index contributed by atoms with van der Waals surface area (Å²) < 4.78 is 0. The quantitative estimate of drug-likeness (QED) is 0.710. The Morgan fingerprint density at radius 3 is 1.90 bits per heavy atom. The summed E-state index contributed by atoms with van der Waals surface area (Å²) in [6.45, 7) is 4.62. The van der Waals surface area contributed by atoms with E-state index >= 15 is 0 Å². The van der Waals surface area contributed by atoms with Crippen molar-refractivity contribution in [3.05, 3.63) is 0 Å². The van der Waals surface area contributed by atoms with Crippen LogP contribution in [0.3, 0.4) is 0 Å². The molecule has 4 bridgehead atoms. The molecular weight excluding hydrogens is 286 g/mol. The van der Waals surface area contributed by atoms with Crippen LogP contribution < -0.4 is 4.84 Å². The van der Waals surface area contributed by atoms with Gasteiger partial charge in [0, 0.05) is 12.0 Å². The van der Waals surface area contributed by atoms with Gasteiger partial charge in [0.1, 0.15) is 0 Å². The van der Waals surface area contributed by atoms with Gasteiger partial charge in [-0.15, -0.1) is 0 Å². The number of rotatable bonds is 6. The van der Waals surface area contributed by atoms with Crippen molar-refractivity contribution >= 4 is 17.7 Å². The van der Waals surface area contributed by atoms with Crippen molar-refractivity contribution in [1.29, 1.82) is 0 Å². The largest absolute Gasteiger partial charge is 0.481 e. The van der Waals surface area contributed by atoms with E-state index in [1.54, 1.807) is 0 Å². The Morgan fingerprint density at radius 2 is 1.48 bits per heavy atom. The number of aliphatic carboxylic acids is 1. The molecule has 4 aliphatic carbocycles. The smallest absolute Gasteiger partial charge is 0.303 e. The number of carboxylic acid groups (broad SMARTS) is 1. The van der Waals surface area contributed by atoms with Crippen LogP contribution in [0, 0.1) is 16.2 Å². The van der Waals surface area contributed by atoms with Crippen LogP contribution in [-0.2, 0) is 4.79 Å². The molecule has 4 heteroatoms. The predicted molar refractivity (Wildman–Crippen MR) is 84.2 cm³/mol. The molecule has 0 aromatic carbocycles. The van der Waals surface area contributed by atoms with E-state index < -0.39 is 5.97 Å². The van der Waals surface area contributed by atoms with Crippen LogP contribution in [-0.4, -0.2) is 16.6 Å². The molecule has 2 unspecified atom stereocenters. The third kappa shape index (κ3) is 2.41. The van der Waals surface area contributed by atoms with Crippen LogP contribution in [0.5, 0.6) is 0 Å². The molecule has 0 aromatic rings. The lowest BCUT2D eigenvalue weighted by Crippen LogP contribution is -2.67. The summed E-state index contributed by atoms with van der Waals surface area (Å²) in [5, 5.41) is 9.14. The van der Waals surface area contributed by atoms with Crippen molar-refractivity contribution in [1.82, 2.24) is 4.84 Å². The molecule has 3 nitrogen and oxygen atoms in total. The third-order valence-corrected chi connectivity index (χ3v) is 7.36. The molecule has 4 fully saturated rings. The average molecular weight is 314 g/mol. The van der Waals surface area contributed by atoms with Gasteiger partial charge in [0.25, 0.3) is 0 Å². The second kappa shape index (κ2) is 4.86. The Kier molecular flexibility index (Phi) is 3.61. The van der Waals surface area contributed by atoms with E-state index in [1.807, 2.05) is 0 Å². The molecule has 0 spiro atoms. The summed E-state index contributed by atoms with van der Waals surface area (Å²) in [6.07, 6.45) is 10.7. The molecule has 0 heterocycles. The first-order chi connectivity index (χ1) is 9.84. The normalized spacial score (nSPS) is 47.8. The number of carboxylic acids is 1. The van der Waals surface area contributed by atoms with Gasteiger partial charge in [-0.3, -0.25) is 4.79 Å². The van der Waals surface area contributed by atoms with Crippen molar-refractivity contribution < 1.29 is 9.90 Å². The van der Waals surface area contributed by atoms with E-state index in [4.69, 9.17) is 16.9 Å². The van der Waals surface area contributed by atoms with Crippen LogP contribution in [0.15, 0.2) is 0 Å². The summed E-state index contributed by atoms with van der Waals surface area (Å²) >= 11 is 6.22. The van der Waals surface area contributed by atoms with E-state index in [-0.39, 0.29) is 11.0 Å². The Labute approximate surface area is 132 Å². The van der Waals surface area contributed by atoms with E-state index in [9.17, 15) is 4.79 Å². The van der Waals surface area contributed by atoms with E-state index in [0.29, 0.717) is 17.3 Å². The Morgan fingerprint density at radius 1 is 1.00 bits per heavy atom. The second-order valence-corrected chi connectivity index (χ2v) is 8.73. The molecular formula is C17H28ClNO2. The first-order valence-corrected chi connectivity index (χ1v) is 8.82. The van der Waals surface area contributed by atoms with Crippen LogP contribution in [0.25, 0.3) is 0 Å². The van der Waals surface area contributed by atoms with Gasteiger partial charge in [-0.2, -0.15) is 0 Å². The van der Waals surface area contributed by atoms with Gasteiger partial charge in [0.2, 0.25) is 0 Å². The Bertz CT molecular complexity index is 392. The van der Waals surface area contributed by atoms with E-state index in [1.165, 1.54) is 44.9 Å². The fraction of sp³-hybridized carbons (Fsp3) is 0.941. The maximum Gasteiger partial charge on any atom is 0.303 e. The number of hydrogen-bond donors (Lipinski definition) is 2. The third-order valence-electron chi connectivity index (χ3n) is 6.96. The highest BCUT2D eigenvalue weighted by molar-refractivity contribution is 6.14. The molecule has 0 radical (unpaired) electrons. The summed E-state index contributed by atoms with van der Waals surface area (Å²) in [5.74, 6) is -0.658. The monoisotopic (exact) mass is 313 g/mol. The van der Waals surface area contributed by atoms with Gasteiger partial charge < -0.3 is 5.11 Å². The Hall–Kier alpha value is -0.280. The average Bonchev–Trinajstić information content (AvgIpc) is 2.44. The summed E-state index contributed by atoms with van der Waals surface area (Å²) in [7, 11) is 0. The van der Waals surface area contributed by atoms with Gasteiger partial charge in [-0.25, -0.2) is 4.84 Å². The maximum atomic E-state index is 11.1. The van der Waals surface area contributed by atoms with Crippen molar-refractivity contribution in [2.24, 2.45) is 16.2 Å². The predicted octanol–water partition coefficient (Wildman–Crippen LogP) is 4.49. The zero-order chi connectivity index (χ0) is 15.4. The molecule has 4 rings (SSSR count). The first-order valence-electron chi connectivity index (χ1n) is 8.44. The highest BCUT2D eigenvalue weighted by Crippen LogP contribution is 2.73. The fourth-order valence-corrected chi connectivity index (χ4v) is 6.98. The van der Waals surface area contributed by atoms with Gasteiger partial charge in [-0.05, 0) is 73.0 Å². The van der Waals surface area contributed by atoms with Crippen molar-refractivity contribution in [2.45, 2.75) is 83.6 Å². The van der Waals surface area contributed by atoms with Gasteiger partial charge in [0.05, 0.1) is 0 Å². The van der Waals surface area contributed by atoms with Gasteiger partial charge in [-0.1, -0.05) is 26.7 Å². The molecule has 0 aliphatic heterocycles. The maximum absolute atomic E-state index is 11.1. The standard InChI is InChI=1S/C17H28ClNO2/c1-3-14-7-15(4-2)9-16(8-14,6-5-13(20)21)12-17(10-14,11-15)19-18/h19H,3-12H2,1-2H3,(H,20,21). The van der Waals surface area contributed by atoms with Crippen LogP contribution in [0.2, 0.25) is 0 Å². The number of nitrogens with one attached hydrogen (secondary N) is 1. The van der Waals surface area contributed by atoms with Crippen molar-refractivity contribution in [3.8, 4) is 0 Å². The molecule has 4 saturated carbocycles. The zero-order valence-corrected chi connectivity index (χ0v) is 14.1. The fourth-order valence-electron chi connectivity index (χ4n) is 6.78. The minimum atomic E-state index is -0.658. The summed E-state index contributed by atoms with van der Waals surface area (Å²) in [6, 6.07) is 0. The summed E-state index contributed by atoms with van der Waals surface area (Å²) in [5.41, 5.74) is 0.998.